The number of carboxylic acids is 1. The molecular formula is C20H14F2N2O2S. The number of rotatable bonds is 4. The fourth-order valence-electron chi connectivity index (χ4n) is 2.96. The number of thiazole rings is 1. The summed E-state index contributed by atoms with van der Waals surface area (Å²) in [6.45, 7) is 0. The molecule has 4 nitrogen and oxygen atoms in total. The van der Waals surface area contributed by atoms with Gasteiger partial charge in [-0.3, -0.25) is 0 Å². The minimum atomic E-state index is -1.98. The van der Waals surface area contributed by atoms with Crippen molar-refractivity contribution in [1.29, 1.82) is 0 Å². The molecule has 2 unspecified atom stereocenters. The largest absolute Gasteiger partial charge is 0.479 e. The quantitative estimate of drug-likeness (QED) is 0.687. The van der Waals surface area contributed by atoms with E-state index >= 15 is 4.39 Å². The second-order valence-corrected chi connectivity index (χ2v) is 7.18. The second kappa shape index (κ2) is 6.59. The lowest BCUT2D eigenvalue weighted by molar-refractivity contribution is -0.142. The average Bonchev–Trinajstić information content (AvgIpc) is 3.05. The molecule has 136 valence electrons. The molecule has 3 aromatic rings. The highest BCUT2D eigenvalue weighted by Gasteiger charge is 2.46. The van der Waals surface area contributed by atoms with E-state index in [9.17, 15) is 14.3 Å². The molecule has 0 radical (unpaired) electrons. The predicted octanol–water partition coefficient (Wildman–Crippen LogP) is 4.66. The number of carboxylic acid groups (broad SMARTS) is 1. The normalized spacial score (nSPS) is 21.9. The van der Waals surface area contributed by atoms with Crippen molar-refractivity contribution in [2.24, 2.45) is 0 Å². The van der Waals surface area contributed by atoms with E-state index < -0.39 is 23.5 Å². The van der Waals surface area contributed by atoms with Crippen molar-refractivity contribution < 1.29 is 18.7 Å². The maximum Gasteiger partial charge on any atom is 0.336 e. The molecule has 2 aromatic carbocycles. The summed E-state index contributed by atoms with van der Waals surface area (Å²) >= 11 is 1.07. The smallest absolute Gasteiger partial charge is 0.336 e. The van der Waals surface area contributed by atoms with E-state index in [0.717, 1.165) is 16.9 Å². The van der Waals surface area contributed by atoms with Crippen LogP contribution >= 0.6 is 11.3 Å². The number of hydrogen-bond acceptors (Lipinski definition) is 4. The van der Waals surface area contributed by atoms with Gasteiger partial charge in [-0.1, -0.05) is 47.7 Å². The molecule has 0 spiro atoms. The molecule has 0 saturated heterocycles. The maximum atomic E-state index is 15.0. The van der Waals surface area contributed by atoms with Crippen molar-refractivity contribution >= 4 is 38.2 Å². The summed E-state index contributed by atoms with van der Waals surface area (Å²) in [5.74, 6) is -1.78. The molecule has 7 heteroatoms. The number of fused-ring (bicyclic) bond motifs is 1. The second-order valence-electron chi connectivity index (χ2n) is 6.15. The molecule has 1 aliphatic carbocycles. The SMILES string of the molecule is O=C(O)C1(Nc2nc3ccc(F)cc3s2)C=CC(c2ccccc2)=CC1F. The third-order valence-corrected chi connectivity index (χ3v) is 5.35. The summed E-state index contributed by atoms with van der Waals surface area (Å²) < 4.78 is 29.0. The lowest BCUT2D eigenvalue weighted by Crippen LogP contribution is -2.52. The van der Waals surface area contributed by atoms with Crippen molar-refractivity contribution in [3.8, 4) is 0 Å². The zero-order valence-corrected chi connectivity index (χ0v) is 14.7. The highest BCUT2D eigenvalue weighted by molar-refractivity contribution is 7.22. The number of carbonyl (C=O) groups is 1. The molecule has 27 heavy (non-hydrogen) atoms. The number of aromatic nitrogens is 1. The average molecular weight is 384 g/mol. The fourth-order valence-corrected chi connectivity index (χ4v) is 3.93. The van der Waals surface area contributed by atoms with Crippen LogP contribution in [0.15, 0.2) is 66.8 Å². The Kier molecular flexibility index (Phi) is 4.24. The predicted molar refractivity (Wildman–Crippen MR) is 102 cm³/mol. The topological polar surface area (TPSA) is 62.2 Å². The fraction of sp³-hybridized carbons (Fsp3) is 0.100. The van der Waals surface area contributed by atoms with Gasteiger partial charge in [-0.25, -0.2) is 18.6 Å². The summed E-state index contributed by atoms with van der Waals surface area (Å²) in [5.41, 5.74) is -0.0656. The maximum absolute atomic E-state index is 15.0. The van der Waals surface area contributed by atoms with Gasteiger partial charge in [-0.15, -0.1) is 0 Å². The van der Waals surface area contributed by atoms with Gasteiger partial charge in [0.2, 0.25) is 0 Å². The van der Waals surface area contributed by atoms with Gasteiger partial charge in [0.1, 0.15) is 5.82 Å². The molecule has 0 amide bonds. The molecule has 1 heterocycles. The highest BCUT2D eigenvalue weighted by Crippen LogP contribution is 2.35. The number of allylic oxidation sites excluding steroid dienone is 2. The van der Waals surface area contributed by atoms with Crippen LogP contribution in [0.1, 0.15) is 5.56 Å². The van der Waals surface area contributed by atoms with Crippen LogP contribution in [0.3, 0.4) is 0 Å². The molecule has 1 aliphatic rings. The Balaban J connectivity index is 1.68. The number of benzene rings is 2. The number of anilines is 1. The van der Waals surface area contributed by atoms with Gasteiger partial charge < -0.3 is 10.4 Å². The van der Waals surface area contributed by atoms with Gasteiger partial charge in [0, 0.05) is 0 Å². The first kappa shape index (κ1) is 17.4. The monoisotopic (exact) mass is 384 g/mol. The van der Waals surface area contributed by atoms with Crippen molar-refractivity contribution in [2.75, 3.05) is 5.32 Å². The Morgan fingerprint density at radius 1 is 1.22 bits per heavy atom. The van der Waals surface area contributed by atoms with E-state index in [4.69, 9.17) is 0 Å². The number of halogens is 2. The molecule has 2 N–H and O–H groups in total. The zero-order chi connectivity index (χ0) is 19.0. The minimum absolute atomic E-state index is 0.210. The van der Waals surface area contributed by atoms with Crippen LogP contribution in [0.25, 0.3) is 15.8 Å². The van der Waals surface area contributed by atoms with E-state index in [0.29, 0.717) is 15.8 Å². The van der Waals surface area contributed by atoms with Crippen LogP contribution in [0.4, 0.5) is 13.9 Å². The van der Waals surface area contributed by atoms with E-state index in [2.05, 4.69) is 10.3 Å². The van der Waals surface area contributed by atoms with Crippen molar-refractivity contribution in [3.05, 3.63) is 78.1 Å². The summed E-state index contributed by atoms with van der Waals surface area (Å²) in [6.07, 6.45) is 2.34. The van der Waals surface area contributed by atoms with Gasteiger partial charge in [0.15, 0.2) is 16.8 Å². The van der Waals surface area contributed by atoms with Crippen molar-refractivity contribution in [3.63, 3.8) is 0 Å². The zero-order valence-electron chi connectivity index (χ0n) is 13.9. The summed E-state index contributed by atoms with van der Waals surface area (Å²) in [7, 11) is 0. The van der Waals surface area contributed by atoms with Crippen LogP contribution in [0, 0.1) is 5.82 Å². The molecule has 1 aromatic heterocycles. The Bertz CT molecular complexity index is 1080. The van der Waals surface area contributed by atoms with Crippen molar-refractivity contribution in [2.45, 2.75) is 11.7 Å². The standard InChI is InChI=1S/C20H14F2N2O2S/c21-14-6-7-15-16(11-14)27-19(23-15)24-20(18(25)26)9-8-13(10-17(20)22)12-4-2-1-3-5-12/h1-11,17H,(H,23,24)(H,25,26). The summed E-state index contributed by atoms with van der Waals surface area (Å²) in [4.78, 5) is 16.2. The summed E-state index contributed by atoms with van der Waals surface area (Å²) in [5, 5.41) is 12.6. The van der Waals surface area contributed by atoms with Gasteiger partial charge >= 0.3 is 5.97 Å². The number of aliphatic carboxylic acids is 1. The molecule has 2 atom stereocenters. The molecule has 0 aliphatic heterocycles. The first-order chi connectivity index (χ1) is 13.0. The first-order valence-corrected chi connectivity index (χ1v) is 8.98. The summed E-state index contributed by atoms with van der Waals surface area (Å²) in [6, 6.07) is 13.2. The first-order valence-electron chi connectivity index (χ1n) is 8.16. The third kappa shape index (κ3) is 3.10. The Morgan fingerprint density at radius 3 is 2.70 bits per heavy atom. The van der Waals surface area contributed by atoms with Gasteiger partial charge in [0.05, 0.1) is 10.2 Å². The molecule has 4 rings (SSSR count). The molecule has 0 fully saturated rings. The van der Waals surface area contributed by atoms with E-state index in [1.54, 1.807) is 6.08 Å². The number of nitrogens with one attached hydrogen (secondary N) is 1. The van der Waals surface area contributed by atoms with E-state index in [1.165, 1.54) is 30.4 Å². The molecule has 0 bridgehead atoms. The number of alkyl halides is 1. The van der Waals surface area contributed by atoms with Crippen LogP contribution in [0.5, 0.6) is 0 Å². The molecular weight excluding hydrogens is 370 g/mol. The van der Waals surface area contributed by atoms with Crippen LogP contribution in [0.2, 0.25) is 0 Å². The van der Waals surface area contributed by atoms with Crippen molar-refractivity contribution in [1.82, 2.24) is 4.98 Å². The number of hydrogen-bond donors (Lipinski definition) is 2. The Hall–Kier alpha value is -3.06. The lowest BCUT2D eigenvalue weighted by Gasteiger charge is -2.32. The van der Waals surface area contributed by atoms with Gasteiger partial charge in [-0.2, -0.15) is 0 Å². The Morgan fingerprint density at radius 2 is 2.00 bits per heavy atom. The number of nitrogens with zero attached hydrogens (tertiary/aromatic N) is 1. The third-order valence-electron chi connectivity index (χ3n) is 4.41. The van der Waals surface area contributed by atoms with E-state index in [1.807, 2.05) is 30.3 Å². The van der Waals surface area contributed by atoms with Crippen LogP contribution < -0.4 is 5.32 Å². The lowest BCUT2D eigenvalue weighted by atomic mass is 9.85. The Labute approximate surface area is 157 Å². The van der Waals surface area contributed by atoms with Gasteiger partial charge in [-0.05, 0) is 41.5 Å². The molecule has 0 saturated carbocycles. The van der Waals surface area contributed by atoms with Crippen LogP contribution in [-0.2, 0) is 4.79 Å². The van der Waals surface area contributed by atoms with E-state index in [-0.39, 0.29) is 5.13 Å². The highest BCUT2D eigenvalue weighted by atomic mass is 32.1. The van der Waals surface area contributed by atoms with Gasteiger partial charge in [0.25, 0.3) is 0 Å². The minimum Gasteiger partial charge on any atom is -0.479 e. The van der Waals surface area contributed by atoms with Crippen LogP contribution in [-0.4, -0.2) is 27.8 Å².